The molecule has 1 aromatic carbocycles. The van der Waals surface area contributed by atoms with Crippen molar-refractivity contribution in [3.05, 3.63) is 79.7 Å². The number of hydrogen-bond acceptors (Lipinski definition) is 4. The van der Waals surface area contributed by atoms with E-state index in [-0.39, 0.29) is 28.8 Å². The third kappa shape index (κ3) is 3.82. The maximum absolute atomic E-state index is 13.2. The molecule has 0 aliphatic carbocycles. The van der Waals surface area contributed by atoms with Crippen LogP contribution in [0, 0.1) is 12.7 Å². The molecule has 0 fully saturated rings. The van der Waals surface area contributed by atoms with Crippen LogP contribution >= 0.6 is 22.9 Å². The number of pyridine rings is 1. The second-order valence-electron chi connectivity index (χ2n) is 6.56. The van der Waals surface area contributed by atoms with Gasteiger partial charge in [0.1, 0.15) is 16.5 Å². The molecule has 0 spiro atoms. The molecular formula is C20H12ClF4N3OS. The van der Waals surface area contributed by atoms with Gasteiger partial charge in [0, 0.05) is 23.1 Å². The molecule has 154 valence electrons. The van der Waals surface area contributed by atoms with Crippen LogP contribution in [-0.2, 0) is 12.6 Å². The van der Waals surface area contributed by atoms with E-state index in [9.17, 15) is 22.4 Å². The van der Waals surface area contributed by atoms with Gasteiger partial charge in [-0.1, -0.05) is 23.7 Å². The number of H-pyrrole nitrogens is 1. The Morgan fingerprint density at radius 1 is 1.20 bits per heavy atom. The van der Waals surface area contributed by atoms with Gasteiger partial charge in [-0.15, -0.1) is 11.3 Å². The minimum absolute atomic E-state index is 0.0367. The number of alkyl halides is 3. The molecule has 0 aliphatic rings. The third-order valence-electron chi connectivity index (χ3n) is 4.50. The number of nitrogens with zero attached hydrogens (tertiary/aromatic N) is 2. The van der Waals surface area contributed by atoms with Gasteiger partial charge in [-0.25, -0.2) is 9.37 Å². The third-order valence-corrected chi connectivity index (χ3v) is 5.83. The Hall–Kier alpha value is -2.78. The molecule has 4 aromatic rings. The number of thiophene rings is 1. The van der Waals surface area contributed by atoms with Crippen LogP contribution in [0.2, 0.25) is 5.02 Å². The molecule has 3 aromatic heterocycles. The molecule has 0 bridgehead atoms. The SMILES string of the molecule is Cc1sc2nc(Cc3ncc(C(F)(F)F)cc3Cl)[nH]c(=O)c2c1-c1ccc(F)cc1. The number of aromatic amines is 1. The van der Waals surface area contributed by atoms with E-state index in [4.69, 9.17) is 11.6 Å². The fourth-order valence-corrected chi connectivity index (χ4v) is 4.42. The van der Waals surface area contributed by atoms with E-state index in [0.29, 0.717) is 27.5 Å². The summed E-state index contributed by atoms with van der Waals surface area (Å²) in [5.74, 6) is -0.153. The quantitative estimate of drug-likeness (QED) is 0.401. The van der Waals surface area contributed by atoms with Crippen LogP contribution in [0.15, 0.2) is 41.3 Å². The van der Waals surface area contributed by atoms with Crippen LogP contribution in [0.3, 0.4) is 0 Å². The predicted molar refractivity (Wildman–Crippen MR) is 107 cm³/mol. The van der Waals surface area contributed by atoms with Crippen molar-refractivity contribution in [2.75, 3.05) is 0 Å². The largest absolute Gasteiger partial charge is 0.417 e. The summed E-state index contributed by atoms with van der Waals surface area (Å²) in [4.78, 5) is 24.9. The molecule has 3 heterocycles. The van der Waals surface area contributed by atoms with Crippen molar-refractivity contribution in [3.8, 4) is 11.1 Å². The summed E-state index contributed by atoms with van der Waals surface area (Å²) in [5, 5.41) is 0.210. The highest BCUT2D eigenvalue weighted by atomic mass is 35.5. The number of nitrogens with one attached hydrogen (secondary N) is 1. The molecule has 0 saturated heterocycles. The predicted octanol–water partition coefficient (Wildman–Crippen LogP) is 5.76. The molecule has 0 unspecified atom stereocenters. The number of hydrogen-bond donors (Lipinski definition) is 1. The minimum atomic E-state index is -4.55. The fraction of sp³-hybridized carbons (Fsp3) is 0.150. The van der Waals surface area contributed by atoms with Crippen LogP contribution in [0.4, 0.5) is 17.6 Å². The van der Waals surface area contributed by atoms with Gasteiger partial charge in [-0.2, -0.15) is 13.2 Å². The first kappa shape index (κ1) is 20.5. The molecule has 10 heteroatoms. The zero-order chi connectivity index (χ0) is 21.6. The lowest BCUT2D eigenvalue weighted by Gasteiger charge is -2.09. The highest BCUT2D eigenvalue weighted by Gasteiger charge is 2.31. The van der Waals surface area contributed by atoms with Gasteiger partial charge in [-0.3, -0.25) is 9.78 Å². The highest BCUT2D eigenvalue weighted by molar-refractivity contribution is 7.19. The molecule has 1 N–H and O–H groups in total. The highest BCUT2D eigenvalue weighted by Crippen LogP contribution is 2.36. The molecule has 4 nitrogen and oxygen atoms in total. The summed E-state index contributed by atoms with van der Waals surface area (Å²) in [6.07, 6.45) is -3.89. The molecule has 0 atom stereocenters. The summed E-state index contributed by atoms with van der Waals surface area (Å²) in [7, 11) is 0. The van der Waals surface area contributed by atoms with E-state index in [1.54, 1.807) is 12.1 Å². The van der Waals surface area contributed by atoms with Crippen molar-refractivity contribution < 1.29 is 17.6 Å². The van der Waals surface area contributed by atoms with E-state index in [0.717, 1.165) is 10.9 Å². The summed E-state index contributed by atoms with van der Waals surface area (Å²) in [5.41, 5.74) is 0.167. The number of benzene rings is 1. The standard InChI is InChI=1S/C20H12ClF4N3OS/c1-9-16(10-2-4-12(22)5-3-10)17-18(29)27-15(28-19(17)30-9)7-14-13(21)6-11(8-26-14)20(23,24)25/h2-6,8H,7H2,1H3,(H,27,28,29). The maximum atomic E-state index is 13.2. The van der Waals surface area contributed by atoms with Crippen molar-refractivity contribution in [1.29, 1.82) is 0 Å². The van der Waals surface area contributed by atoms with Crippen molar-refractivity contribution in [2.45, 2.75) is 19.5 Å². The minimum Gasteiger partial charge on any atom is -0.310 e. The molecule has 30 heavy (non-hydrogen) atoms. The Kier molecular flexibility index (Phi) is 5.11. The summed E-state index contributed by atoms with van der Waals surface area (Å²) >= 11 is 7.25. The van der Waals surface area contributed by atoms with Gasteiger partial charge >= 0.3 is 6.18 Å². The molecule has 4 rings (SSSR count). The topological polar surface area (TPSA) is 58.6 Å². The Bertz CT molecular complexity index is 1310. The summed E-state index contributed by atoms with van der Waals surface area (Å²) in [6, 6.07) is 6.59. The number of aromatic nitrogens is 3. The van der Waals surface area contributed by atoms with Gasteiger partial charge in [-0.05, 0) is 30.7 Å². The van der Waals surface area contributed by atoms with Crippen molar-refractivity contribution in [2.24, 2.45) is 0 Å². The zero-order valence-corrected chi connectivity index (χ0v) is 16.8. The molecular weight excluding hydrogens is 442 g/mol. The molecule has 0 amide bonds. The van der Waals surface area contributed by atoms with E-state index >= 15 is 0 Å². The fourth-order valence-electron chi connectivity index (χ4n) is 3.12. The molecule has 0 aliphatic heterocycles. The zero-order valence-electron chi connectivity index (χ0n) is 15.3. The van der Waals surface area contributed by atoms with E-state index in [1.807, 2.05) is 6.92 Å². The molecule has 0 saturated carbocycles. The van der Waals surface area contributed by atoms with Crippen molar-refractivity contribution >= 4 is 33.2 Å². The van der Waals surface area contributed by atoms with E-state index < -0.39 is 17.3 Å². The van der Waals surface area contributed by atoms with Gasteiger partial charge < -0.3 is 4.98 Å². The van der Waals surface area contributed by atoms with Crippen LogP contribution in [-0.4, -0.2) is 15.0 Å². The Morgan fingerprint density at radius 3 is 2.53 bits per heavy atom. The van der Waals surface area contributed by atoms with E-state index in [2.05, 4.69) is 15.0 Å². The van der Waals surface area contributed by atoms with Gasteiger partial charge in [0.25, 0.3) is 5.56 Å². The lowest BCUT2D eigenvalue weighted by molar-refractivity contribution is -0.137. The van der Waals surface area contributed by atoms with Crippen molar-refractivity contribution in [3.63, 3.8) is 0 Å². The van der Waals surface area contributed by atoms with Crippen LogP contribution < -0.4 is 5.56 Å². The van der Waals surface area contributed by atoms with E-state index in [1.165, 1.54) is 23.5 Å². The smallest absolute Gasteiger partial charge is 0.310 e. The lowest BCUT2D eigenvalue weighted by Crippen LogP contribution is -2.13. The maximum Gasteiger partial charge on any atom is 0.417 e. The first-order valence-electron chi connectivity index (χ1n) is 8.63. The van der Waals surface area contributed by atoms with Gasteiger partial charge in [0.05, 0.1) is 21.7 Å². The lowest BCUT2D eigenvalue weighted by atomic mass is 10.0. The van der Waals surface area contributed by atoms with Crippen LogP contribution in [0.5, 0.6) is 0 Å². The Labute approximate surface area is 176 Å². The average molecular weight is 454 g/mol. The van der Waals surface area contributed by atoms with Crippen LogP contribution in [0.1, 0.15) is 22.0 Å². The second-order valence-corrected chi connectivity index (χ2v) is 8.17. The Morgan fingerprint density at radius 2 is 1.90 bits per heavy atom. The number of rotatable bonds is 3. The van der Waals surface area contributed by atoms with Crippen molar-refractivity contribution in [1.82, 2.24) is 15.0 Å². The average Bonchev–Trinajstić information content (AvgIpc) is 2.99. The first-order valence-corrected chi connectivity index (χ1v) is 9.83. The normalized spacial score (nSPS) is 11.9. The molecule has 0 radical (unpaired) electrons. The summed E-state index contributed by atoms with van der Waals surface area (Å²) in [6.45, 7) is 1.83. The first-order chi connectivity index (χ1) is 14.1. The van der Waals surface area contributed by atoms with Gasteiger partial charge in [0.15, 0.2) is 0 Å². The van der Waals surface area contributed by atoms with Gasteiger partial charge in [0.2, 0.25) is 0 Å². The monoisotopic (exact) mass is 453 g/mol. The second kappa shape index (κ2) is 7.48. The van der Waals surface area contributed by atoms with Crippen LogP contribution in [0.25, 0.3) is 21.3 Å². The summed E-state index contributed by atoms with van der Waals surface area (Å²) < 4.78 is 51.6. The number of aryl methyl sites for hydroxylation is 1. The number of fused-ring (bicyclic) bond motifs is 1. The Balaban J connectivity index is 1.75. The number of halogens is 5.